The SMILES string of the molecule is CCC(CO)(CCCn1cncn1)NC(C)C. The van der Waals surface area contributed by atoms with E-state index in [1.165, 1.54) is 0 Å². The molecular weight excluding hydrogens is 216 g/mol. The van der Waals surface area contributed by atoms with Crippen LogP contribution in [0.2, 0.25) is 0 Å². The molecule has 1 rings (SSSR count). The predicted molar refractivity (Wildman–Crippen MR) is 67.6 cm³/mol. The summed E-state index contributed by atoms with van der Waals surface area (Å²) in [6.07, 6.45) is 6.13. The molecule has 0 aliphatic carbocycles. The molecule has 1 atom stereocenters. The number of aliphatic hydroxyl groups excluding tert-OH is 1. The summed E-state index contributed by atoms with van der Waals surface area (Å²) in [4.78, 5) is 3.91. The van der Waals surface area contributed by atoms with Crippen LogP contribution in [-0.4, -0.2) is 38.1 Å². The minimum Gasteiger partial charge on any atom is -0.394 e. The lowest BCUT2D eigenvalue weighted by molar-refractivity contribution is 0.133. The number of aryl methyl sites for hydroxylation is 1. The van der Waals surface area contributed by atoms with Crippen molar-refractivity contribution >= 4 is 0 Å². The first kappa shape index (κ1) is 14.1. The third kappa shape index (κ3) is 4.44. The van der Waals surface area contributed by atoms with Crippen molar-refractivity contribution in [3.8, 4) is 0 Å². The molecule has 0 saturated carbocycles. The average molecular weight is 240 g/mol. The van der Waals surface area contributed by atoms with Crippen LogP contribution in [-0.2, 0) is 6.54 Å². The van der Waals surface area contributed by atoms with E-state index in [4.69, 9.17) is 0 Å². The van der Waals surface area contributed by atoms with Gasteiger partial charge in [0.25, 0.3) is 0 Å². The van der Waals surface area contributed by atoms with Gasteiger partial charge < -0.3 is 10.4 Å². The number of hydrogen-bond acceptors (Lipinski definition) is 4. The van der Waals surface area contributed by atoms with Crippen LogP contribution in [0.3, 0.4) is 0 Å². The van der Waals surface area contributed by atoms with Gasteiger partial charge in [0.2, 0.25) is 0 Å². The summed E-state index contributed by atoms with van der Waals surface area (Å²) in [5, 5.41) is 17.1. The molecule has 0 aromatic carbocycles. The maximum atomic E-state index is 9.59. The van der Waals surface area contributed by atoms with Gasteiger partial charge in [0, 0.05) is 18.1 Å². The van der Waals surface area contributed by atoms with E-state index in [1.54, 1.807) is 12.7 Å². The van der Waals surface area contributed by atoms with Crippen LogP contribution in [0.25, 0.3) is 0 Å². The second-order valence-electron chi connectivity index (χ2n) is 4.85. The fourth-order valence-electron chi connectivity index (χ4n) is 2.13. The van der Waals surface area contributed by atoms with Gasteiger partial charge in [0.1, 0.15) is 12.7 Å². The summed E-state index contributed by atoms with van der Waals surface area (Å²) < 4.78 is 1.83. The first-order valence-electron chi connectivity index (χ1n) is 6.33. The van der Waals surface area contributed by atoms with Gasteiger partial charge in [0.15, 0.2) is 0 Å². The molecule has 0 fully saturated rings. The van der Waals surface area contributed by atoms with Crippen LogP contribution < -0.4 is 5.32 Å². The minimum absolute atomic E-state index is 0.158. The van der Waals surface area contributed by atoms with Crippen LogP contribution in [0.4, 0.5) is 0 Å². The van der Waals surface area contributed by atoms with Gasteiger partial charge in [-0.25, -0.2) is 4.98 Å². The standard InChI is InChI=1S/C12H24N4O/c1-4-12(8-17,15-11(2)3)6-5-7-16-10-13-9-14-16/h9-11,15,17H,4-8H2,1-3H3. The van der Waals surface area contributed by atoms with Gasteiger partial charge >= 0.3 is 0 Å². The molecule has 1 aromatic heterocycles. The molecule has 0 spiro atoms. The number of aromatic nitrogens is 3. The second-order valence-corrected chi connectivity index (χ2v) is 4.85. The molecular formula is C12H24N4O. The first-order chi connectivity index (χ1) is 8.12. The van der Waals surface area contributed by atoms with E-state index in [-0.39, 0.29) is 12.1 Å². The van der Waals surface area contributed by atoms with E-state index in [1.807, 2.05) is 4.68 Å². The Morgan fingerprint density at radius 1 is 1.47 bits per heavy atom. The molecule has 17 heavy (non-hydrogen) atoms. The Kier molecular flexibility index (Phi) is 5.58. The van der Waals surface area contributed by atoms with Gasteiger partial charge in [-0.15, -0.1) is 0 Å². The molecule has 0 aliphatic heterocycles. The fourth-order valence-corrected chi connectivity index (χ4v) is 2.13. The highest BCUT2D eigenvalue weighted by molar-refractivity contribution is 4.87. The highest BCUT2D eigenvalue weighted by atomic mass is 16.3. The van der Waals surface area contributed by atoms with Crippen molar-refractivity contribution in [3.63, 3.8) is 0 Å². The summed E-state index contributed by atoms with van der Waals surface area (Å²) in [7, 11) is 0. The van der Waals surface area contributed by atoms with Crippen molar-refractivity contribution in [1.82, 2.24) is 20.1 Å². The monoisotopic (exact) mass is 240 g/mol. The van der Waals surface area contributed by atoms with Gasteiger partial charge in [0.05, 0.1) is 6.61 Å². The molecule has 5 nitrogen and oxygen atoms in total. The van der Waals surface area contributed by atoms with Gasteiger partial charge in [-0.1, -0.05) is 20.8 Å². The van der Waals surface area contributed by atoms with E-state index in [9.17, 15) is 5.11 Å². The van der Waals surface area contributed by atoms with Crippen LogP contribution in [0.1, 0.15) is 40.0 Å². The number of rotatable bonds is 8. The van der Waals surface area contributed by atoms with Crippen molar-refractivity contribution in [2.75, 3.05) is 6.61 Å². The fraction of sp³-hybridized carbons (Fsp3) is 0.833. The molecule has 0 radical (unpaired) electrons. The molecule has 0 bridgehead atoms. The summed E-state index contributed by atoms with van der Waals surface area (Å²) in [6, 6.07) is 0.383. The molecule has 0 aliphatic rings. The molecule has 2 N–H and O–H groups in total. The normalized spacial score (nSPS) is 15.1. The van der Waals surface area contributed by atoms with Gasteiger partial charge in [-0.05, 0) is 19.3 Å². The van der Waals surface area contributed by atoms with Gasteiger partial charge in [-0.3, -0.25) is 4.68 Å². The maximum Gasteiger partial charge on any atom is 0.137 e. The number of nitrogens with zero attached hydrogens (tertiary/aromatic N) is 3. The van der Waals surface area contributed by atoms with Crippen molar-refractivity contribution in [3.05, 3.63) is 12.7 Å². The molecule has 1 aromatic rings. The van der Waals surface area contributed by atoms with Crippen molar-refractivity contribution in [2.24, 2.45) is 0 Å². The third-order valence-electron chi connectivity index (χ3n) is 3.08. The van der Waals surface area contributed by atoms with Crippen LogP contribution in [0, 0.1) is 0 Å². The quantitative estimate of drug-likeness (QED) is 0.716. The van der Waals surface area contributed by atoms with Crippen molar-refractivity contribution < 1.29 is 5.11 Å². The maximum absolute atomic E-state index is 9.59. The average Bonchev–Trinajstić information content (AvgIpc) is 2.80. The summed E-state index contributed by atoms with van der Waals surface area (Å²) in [6.45, 7) is 7.36. The van der Waals surface area contributed by atoms with Crippen molar-refractivity contribution in [1.29, 1.82) is 0 Å². The number of hydrogen-bond donors (Lipinski definition) is 2. The highest BCUT2D eigenvalue weighted by Gasteiger charge is 2.27. The van der Waals surface area contributed by atoms with E-state index < -0.39 is 0 Å². The Labute approximate surface area is 103 Å². The van der Waals surface area contributed by atoms with E-state index in [0.717, 1.165) is 25.8 Å². The Balaban J connectivity index is 2.43. The number of nitrogens with one attached hydrogen (secondary N) is 1. The van der Waals surface area contributed by atoms with Crippen LogP contribution in [0.15, 0.2) is 12.7 Å². The summed E-state index contributed by atoms with van der Waals surface area (Å²) in [5.74, 6) is 0. The smallest absolute Gasteiger partial charge is 0.137 e. The summed E-state index contributed by atoms with van der Waals surface area (Å²) >= 11 is 0. The third-order valence-corrected chi connectivity index (χ3v) is 3.08. The Morgan fingerprint density at radius 2 is 2.24 bits per heavy atom. The Bertz CT molecular complexity index is 293. The molecule has 98 valence electrons. The molecule has 0 amide bonds. The van der Waals surface area contributed by atoms with Crippen molar-refractivity contribution in [2.45, 2.75) is 58.2 Å². The molecule has 1 heterocycles. The molecule has 5 heteroatoms. The first-order valence-corrected chi connectivity index (χ1v) is 6.33. The lowest BCUT2D eigenvalue weighted by Gasteiger charge is -2.34. The zero-order chi connectivity index (χ0) is 12.7. The Hall–Kier alpha value is -0.940. The minimum atomic E-state index is -0.158. The largest absolute Gasteiger partial charge is 0.394 e. The summed E-state index contributed by atoms with van der Waals surface area (Å²) in [5.41, 5.74) is -0.158. The lowest BCUT2D eigenvalue weighted by atomic mass is 9.90. The topological polar surface area (TPSA) is 63.0 Å². The van der Waals surface area contributed by atoms with Crippen LogP contribution in [0.5, 0.6) is 0 Å². The van der Waals surface area contributed by atoms with Crippen LogP contribution >= 0.6 is 0 Å². The van der Waals surface area contributed by atoms with E-state index in [2.05, 4.69) is 36.2 Å². The lowest BCUT2D eigenvalue weighted by Crippen LogP contribution is -2.51. The Morgan fingerprint density at radius 3 is 2.71 bits per heavy atom. The zero-order valence-corrected chi connectivity index (χ0v) is 11.1. The predicted octanol–water partition coefficient (Wildman–Crippen LogP) is 1.20. The molecule has 1 unspecified atom stereocenters. The number of aliphatic hydroxyl groups is 1. The van der Waals surface area contributed by atoms with E-state index >= 15 is 0 Å². The highest BCUT2D eigenvalue weighted by Crippen LogP contribution is 2.18. The zero-order valence-electron chi connectivity index (χ0n) is 11.1. The van der Waals surface area contributed by atoms with E-state index in [0.29, 0.717) is 6.04 Å². The second kappa shape index (κ2) is 6.71. The molecule has 0 saturated heterocycles. The van der Waals surface area contributed by atoms with Gasteiger partial charge in [-0.2, -0.15) is 5.10 Å².